The highest BCUT2D eigenvalue weighted by Crippen LogP contribution is 2.25. The average molecular weight is 282 g/mol. The van der Waals surface area contributed by atoms with E-state index in [0.717, 1.165) is 21.9 Å². The lowest BCUT2D eigenvalue weighted by atomic mass is 10.2. The van der Waals surface area contributed by atoms with E-state index in [0.29, 0.717) is 17.3 Å². The summed E-state index contributed by atoms with van der Waals surface area (Å²) in [6.45, 7) is 2.27. The van der Waals surface area contributed by atoms with E-state index in [4.69, 9.17) is 33.7 Å². The van der Waals surface area contributed by atoms with Crippen molar-refractivity contribution in [2.24, 2.45) is 0 Å². The van der Waals surface area contributed by atoms with Gasteiger partial charge in [-0.2, -0.15) is 0 Å². The van der Waals surface area contributed by atoms with Gasteiger partial charge in [-0.25, -0.2) is 0 Å². The summed E-state index contributed by atoms with van der Waals surface area (Å²) >= 11 is 12.0. The molecule has 2 aromatic rings. The Hall–Kier alpha value is -1.38. The Morgan fingerprint density at radius 1 is 1.11 bits per heavy atom. The van der Waals surface area contributed by atoms with Gasteiger partial charge >= 0.3 is 0 Å². The zero-order valence-electron chi connectivity index (χ0n) is 9.91. The zero-order chi connectivity index (χ0) is 13.1. The molecule has 0 fully saturated rings. The molecule has 2 nitrogen and oxygen atoms in total. The van der Waals surface area contributed by atoms with E-state index in [1.807, 2.05) is 31.2 Å². The molecule has 0 radical (unpaired) electrons. The van der Waals surface area contributed by atoms with Gasteiger partial charge in [-0.3, -0.25) is 0 Å². The van der Waals surface area contributed by atoms with Crippen molar-refractivity contribution >= 4 is 28.9 Å². The lowest BCUT2D eigenvalue weighted by Gasteiger charge is -2.11. The Morgan fingerprint density at radius 2 is 1.89 bits per heavy atom. The van der Waals surface area contributed by atoms with Crippen LogP contribution in [-0.4, -0.2) is 0 Å². The maximum atomic E-state index is 6.07. The molecule has 18 heavy (non-hydrogen) atoms. The fourth-order valence-electron chi connectivity index (χ4n) is 1.59. The lowest BCUT2D eigenvalue weighted by molar-refractivity contribution is 0.307. The minimum atomic E-state index is 0.340. The topological polar surface area (TPSA) is 35.2 Å². The van der Waals surface area contributed by atoms with Crippen LogP contribution >= 0.6 is 23.2 Å². The van der Waals surface area contributed by atoms with Crippen LogP contribution in [0, 0.1) is 6.92 Å². The third-order valence-electron chi connectivity index (χ3n) is 2.67. The first-order chi connectivity index (χ1) is 8.58. The van der Waals surface area contributed by atoms with Crippen molar-refractivity contribution < 1.29 is 4.74 Å². The molecule has 2 rings (SSSR count). The molecule has 0 aromatic heterocycles. The molecule has 2 aromatic carbocycles. The maximum Gasteiger partial charge on any atom is 0.120 e. The monoisotopic (exact) mass is 281 g/mol. The molecule has 0 aliphatic carbocycles. The summed E-state index contributed by atoms with van der Waals surface area (Å²) in [6.07, 6.45) is 0. The van der Waals surface area contributed by atoms with Crippen molar-refractivity contribution in [3.8, 4) is 5.75 Å². The highest BCUT2D eigenvalue weighted by molar-refractivity contribution is 6.31. The van der Waals surface area contributed by atoms with Crippen LogP contribution in [0.3, 0.4) is 0 Å². The number of hydrogen-bond acceptors (Lipinski definition) is 2. The number of anilines is 1. The normalized spacial score (nSPS) is 10.4. The largest absolute Gasteiger partial charge is 0.489 e. The van der Waals surface area contributed by atoms with E-state index >= 15 is 0 Å². The SMILES string of the molecule is Cc1cc(OCc2c(N)cccc2Cl)ccc1Cl. The van der Waals surface area contributed by atoms with Crippen LogP contribution in [0.15, 0.2) is 36.4 Å². The van der Waals surface area contributed by atoms with Crippen molar-refractivity contribution in [3.05, 3.63) is 57.6 Å². The highest BCUT2D eigenvalue weighted by Gasteiger charge is 2.06. The molecule has 0 aliphatic heterocycles. The number of nitrogen functional groups attached to an aromatic ring is 1. The fourth-order valence-corrected chi connectivity index (χ4v) is 1.94. The number of hydrogen-bond donors (Lipinski definition) is 1. The van der Waals surface area contributed by atoms with Crippen molar-refractivity contribution in [2.45, 2.75) is 13.5 Å². The van der Waals surface area contributed by atoms with Crippen molar-refractivity contribution in [3.63, 3.8) is 0 Å². The van der Waals surface area contributed by atoms with E-state index < -0.39 is 0 Å². The second-order valence-corrected chi connectivity index (χ2v) is 4.82. The van der Waals surface area contributed by atoms with Crippen LogP contribution in [0.2, 0.25) is 10.0 Å². The number of nitrogens with two attached hydrogens (primary N) is 1. The van der Waals surface area contributed by atoms with Gasteiger partial charge in [0.05, 0.1) is 0 Å². The Morgan fingerprint density at radius 3 is 2.56 bits per heavy atom. The average Bonchev–Trinajstić information content (AvgIpc) is 2.33. The number of benzene rings is 2. The summed E-state index contributed by atoms with van der Waals surface area (Å²) in [4.78, 5) is 0. The Labute approximate surface area is 116 Å². The van der Waals surface area contributed by atoms with E-state index in [9.17, 15) is 0 Å². The molecule has 2 N–H and O–H groups in total. The quantitative estimate of drug-likeness (QED) is 0.843. The van der Waals surface area contributed by atoms with Gasteiger partial charge in [0.25, 0.3) is 0 Å². The number of halogens is 2. The smallest absolute Gasteiger partial charge is 0.120 e. The molecule has 0 atom stereocenters. The molecule has 0 bridgehead atoms. The van der Waals surface area contributed by atoms with Gasteiger partial charge in [0.1, 0.15) is 12.4 Å². The van der Waals surface area contributed by atoms with Gasteiger partial charge in [0.2, 0.25) is 0 Å². The number of aryl methyl sites for hydroxylation is 1. The van der Waals surface area contributed by atoms with Crippen LogP contribution in [-0.2, 0) is 6.61 Å². The van der Waals surface area contributed by atoms with Crippen LogP contribution in [0.25, 0.3) is 0 Å². The summed E-state index contributed by atoms with van der Waals surface area (Å²) in [5.74, 6) is 0.746. The van der Waals surface area contributed by atoms with Gasteiger partial charge in [-0.05, 0) is 42.8 Å². The van der Waals surface area contributed by atoms with Crippen molar-refractivity contribution in [2.75, 3.05) is 5.73 Å². The third kappa shape index (κ3) is 2.89. The molecule has 0 unspecified atom stereocenters. The number of rotatable bonds is 3. The molecule has 0 spiro atoms. The van der Waals surface area contributed by atoms with E-state index in [1.165, 1.54) is 0 Å². The first kappa shape index (κ1) is 13.1. The summed E-state index contributed by atoms with van der Waals surface area (Å²) in [5.41, 5.74) is 8.26. The first-order valence-corrected chi connectivity index (χ1v) is 6.25. The maximum absolute atomic E-state index is 6.07. The van der Waals surface area contributed by atoms with Crippen molar-refractivity contribution in [1.29, 1.82) is 0 Å². The molecule has 0 heterocycles. The lowest BCUT2D eigenvalue weighted by Crippen LogP contribution is -2.01. The second kappa shape index (κ2) is 5.51. The van der Waals surface area contributed by atoms with E-state index in [-0.39, 0.29) is 0 Å². The van der Waals surface area contributed by atoms with Crippen LogP contribution in [0.4, 0.5) is 5.69 Å². The van der Waals surface area contributed by atoms with Crippen LogP contribution < -0.4 is 10.5 Å². The van der Waals surface area contributed by atoms with Gasteiger partial charge in [0.15, 0.2) is 0 Å². The molecule has 0 saturated carbocycles. The summed E-state index contributed by atoms with van der Waals surface area (Å²) in [7, 11) is 0. The van der Waals surface area contributed by atoms with Crippen molar-refractivity contribution in [1.82, 2.24) is 0 Å². The summed E-state index contributed by atoms with van der Waals surface area (Å²) in [6, 6.07) is 10.9. The predicted octanol–water partition coefficient (Wildman–Crippen LogP) is 4.46. The van der Waals surface area contributed by atoms with Crippen LogP contribution in [0.1, 0.15) is 11.1 Å². The summed E-state index contributed by atoms with van der Waals surface area (Å²) < 4.78 is 5.67. The fraction of sp³-hybridized carbons (Fsp3) is 0.143. The van der Waals surface area contributed by atoms with Crippen LogP contribution in [0.5, 0.6) is 5.75 Å². The number of ether oxygens (including phenoxy) is 1. The van der Waals surface area contributed by atoms with Gasteiger partial charge in [-0.1, -0.05) is 29.3 Å². The molecule has 94 valence electrons. The standard InChI is InChI=1S/C14H13Cl2NO/c1-9-7-10(5-6-12(9)15)18-8-11-13(16)3-2-4-14(11)17/h2-7H,8,17H2,1H3. The minimum Gasteiger partial charge on any atom is -0.489 e. The van der Waals surface area contributed by atoms with E-state index in [2.05, 4.69) is 0 Å². The Bertz CT molecular complexity index is 549. The molecule has 0 amide bonds. The second-order valence-electron chi connectivity index (χ2n) is 4.01. The highest BCUT2D eigenvalue weighted by atomic mass is 35.5. The molecule has 0 aliphatic rings. The van der Waals surface area contributed by atoms with E-state index in [1.54, 1.807) is 12.1 Å². The van der Waals surface area contributed by atoms with Gasteiger partial charge in [-0.15, -0.1) is 0 Å². The van der Waals surface area contributed by atoms with Gasteiger partial charge < -0.3 is 10.5 Å². The molecular formula is C14H13Cl2NO. The first-order valence-electron chi connectivity index (χ1n) is 5.50. The minimum absolute atomic E-state index is 0.340. The molecule has 0 saturated heterocycles. The third-order valence-corrected chi connectivity index (χ3v) is 3.45. The predicted molar refractivity (Wildman–Crippen MR) is 76.4 cm³/mol. The zero-order valence-corrected chi connectivity index (χ0v) is 11.4. The molecule has 4 heteroatoms. The van der Waals surface area contributed by atoms with Gasteiger partial charge in [0, 0.05) is 21.3 Å². The Kier molecular flexibility index (Phi) is 4.00. The summed E-state index contributed by atoms with van der Waals surface area (Å²) in [5, 5.41) is 1.33. The molecular weight excluding hydrogens is 269 g/mol. The Balaban J connectivity index is 2.14.